The summed E-state index contributed by atoms with van der Waals surface area (Å²) < 4.78 is 1.60. The molecule has 90 valence electrons. The van der Waals surface area contributed by atoms with Crippen LogP contribution in [0.1, 0.15) is 6.42 Å². The summed E-state index contributed by atoms with van der Waals surface area (Å²) in [5.74, 6) is -0.0429. The van der Waals surface area contributed by atoms with Crippen LogP contribution in [-0.4, -0.2) is 47.5 Å². The maximum Gasteiger partial charge on any atom is 0.240 e. The molecule has 16 heavy (non-hydrogen) atoms. The van der Waals surface area contributed by atoms with Crippen molar-refractivity contribution in [1.29, 1.82) is 0 Å². The van der Waals surface area contributed by atoms with Crippen molar-refractivity contribution in [3.05, 3.63) is 17.7 Å². The molecule has 0 aliphatic heterocycles. The number of halogens is 1. The third-order valence-electron chi connectivity index (χ3n) is 2.08. The van der Waals surface area contributed by atoms with Crippen LogP contribution in [0.4, 0.5) is 0 Å². The Hall–Kier alpha value is -1.07. The number of rotatable bonds is 6. The first-order valence-corrected chi connectivity index (χ1v) is 5.55. The van der Waals surface area contributed by atoms with E-state index in [0.717, 1.165) is 13.0 Å². The Morgan fingerprint density at radius 1 is 1.62 bits per heavy atom. The second-order valence-corrected chi connectivity index (χ2v) is 4.17. The summed E-state index contributed by atoms with van der Waals surface area (Å²) >= 11 is 5.75. The quantitative estimate of drug-likeness (QED) is 0.746. The van der Waals surface area contributed by atoms with E-state index in [2.05, 4.69) is 15.2 Å². The first-order chi connectivity index (χ1) is 7.59. The second-order valence-electron chi connectivity index (χ2n) is 3.83. The van der Waals surface area contributed by atoms with Crippen LogP contribution in [0.25, 0.3) is 0 Å². The Morgan fingerprint density at radius 3 is 2.94 bits per heavy atom. The van der Waals surface area contributed by atoms with Crippen LogP contribution < -0.4 is 5.32 Å². The van der Waals surface area contributed by atoms with Gasteiger partial charge in [0.1, 0.15) is 6.54 Å². The lowest BCUT2D eigenvalue weighted by atomic mass is 10.4. The van der Waals surface area contributed by atoms with Gasteiger partial charge in [-0.2, -0.15) is 0 Å². The molecule has 0 aromatic carbocycles. The number of carbonyl (C=O) groups excluding carboxylic acids is 1. The van der Waals surface area contributed by atoms with Crippen molar-refractivity contribution >= 4 is 17.5 Å². The van der Waals surface area contributed by atoms with Crippen molar-refractivity contribution in [1.82, 2.24) is 19.8 Å². The third kappa shape index (κ3) is 4.63. The Kier molecular flexibility index (Phi) is 5.28. The van der Waals surface area contributed by atoms with Crippen molar-refractivity contribution in [2.75, 3.05) is 27.2 Å². The van der Waals surface area contributed by atoms with Gasteiger partial charge in [-0.05, 0) is 38.7 Å². The van der Waals surface area contributed by atoms with Gasteiger partial charge in [0, 0.05) is 18.9 Å². The van der Waals surface area contributed by atoms with Gasteiger partial charge >= 0.3 is 0 Å². The minimum atomic E-state index is -0.0429. The van der Waals surface area contributed by atoms with Crippen molar-refractivity contribution in [3.63, 3.8) is 0 Å². The Morgan fingerprint density at radius 2 is 2.38 bits per heavy atom. The van der Waals surface area contributed by atoms with Crippen LogP contribution >= 0.6 is 11.6 Å². The van der Waals surface area contributed by atoms with Crippen LogP contribution in [0.15, 0.2) is 12.4 Å². The summed E-state index contributed by atoms with van der Waals surface area (Å²) in [6.07, 6.45) is 4.19. The fourth-order valence-corrected chi connectivity index (χ4v) is 1.44. The lowest BCUT2D eigenvalue weighted by Gasteiger charge is -2.10. The van der Waals surface area contributed by atoms with Crippen molar-refractivity contribution in [2.45, 2.75) is 13.0 Å². The summed E-state index contributed by atoms with van der Waals surface area (Å²) in [5.41, 5.74) is 0. The number of hydrogen-bond acceptors (Lipinski definition) is 3. The van der Waals surface area contributed by atoms with Gasteiger partial charge in [0.2, 0.25) is 11.2 Å². The standard InChI is InChI=1S/C10H17ClN4O/c1-14(2)6-3-4-12-9(16)8-15-7-5-13-10(15)11/h5,7H,3-4,6,8H2,1-2H3,(H,12,16). The molecule has 0 aliphatic carbocycles. The molecule has 0 bridgehead atoms. The molecule has 1 rings (SSSR count). The molecule has 5 nitrogen and oxygen atoms in total. The monoisotopic (exact) mass is 244 g/mol. The smallest absolute Gasteiger partial charge is 0.240 e. The molecule has 1 aromatic heterocycles. The molecule has 0 saturated carbocycles. The zero-order valence-corrected chi connectivity index (χ0v) is 10.4. The summed E-state index contributed by atoms with van der Waals surface area (Å²) in [6.45, 7) is 1.87. The average molecular weight is 245 g/mol. The van der Waals surface area contributed by atoms with Gasteiger partial charge in [0.25, 0.3) is 0 Å². The third-order valence-corrected chi connectivity index (χ3v) is 2.40. The minimum Gasteiger partial charge on any atom is -0.355 e. The summed E-state index contributed by atoms with van der Waals surface area (Å²) in [5, 5.41) is 3.17. The van der Waals surface area contributed by atoms with Gasteiger partial charge in [0.05, 0.1) is 0 Å². The topological polar surface area (TPSA) is 50.2 Å². The van der Waals surface area contributed by atoms with E-state index in [9.17, 15) is 4.79 Å². The largest absolute Gasteiger partial charge is 0.355 e. The van der Waals surface area contributed by atoms with Gasteiger partial charge in [-0.15, -0.1) is 0 Å². The van der Waals surface area contributed by atoms with Crippen LogP contribution in [0.3, 0.4) is 0 Å². The molecule has 1 amide bonds. The summed E-state index contributed by atoms with van der Waals surface area (Å²) in [6, 6.07) is 0. The highest BCUT2D eigenvalue weighted by molar-refractivity contribution is 6.28. The molecule has 0 saturated heterocycles. The molecule has 0 spiro atoms. The first kappa shape index (κ1) is 13.0. The molecule has 1 N–H and O–H groups in total. The van der Waals surface area contributed by atoms with Gasteiger partial charge in [-0.25, -0.2) is 4.98 Å². The molecular formula is C10H17ClN4O. The lowest BCUT2D eigenvalue weighted by Crippen LogP contribution is -2.30. The SMILES string of the molecule is CN(C)CCCNC(=O)Cn1ccnc1Cl. The molecule has 1 aromatic rings. The van der Waals surface area contributed by atoms with E-state index >= 15 is 0 Å². The van der Waals surface area contributed by atoms with Gasteiger partial charge in [-0.3, -0.25) is 4.79 Å². The number of amides is 1. The van der Waals surface area contributed by atoms with Crippen LogP contribution in [-0.2, 0) is 11.3 Å². The summed E-state index contributed by atoms with van der Waals surface area (Å²) in [4.78, 5) is 17.4. The zero-order valence-electron chi connectivity index (χ0n) is 9.61. The molecule has 0 fully saturated rings. The molecule has 0 atom stereocenters. The molecular weight excluding hydrogens is 228 g/mol. The molecule has 6 heteroatoms. The van der Waals surface area contributed by atoms with E-state index in [1.54, 1.807) is 17.0 Å². The van der Waals surface area contributed by atoms with Crippen LogP contribution in [0.5, 0.6) is 0 Å². The molecule has 0 radical (unpaired) electrons. The van der Waals surface area contributed by atoms with Gasteiger partial charge in [0.15, 0.2) is 0 Å². The molecule has 0 unspecified atom stereocenters. The Labute approximate surface area is 100 Å². The van der Waals surface area contributed by atoms with Crippen molar-refractivity contribution < 1.29 is 4.79 Å². The number of carbonyl (C=O) groups is 1. The van der Waals surface area contributed by atoms with E-state index in [1.165, 1.54) is 0 Å². The number of nitrogens with one attached hydrogen (secondary N) is 1. The molecule has 0 aliphatic rings. The van der Waals surface area contributed by atoms with E-state index < -0.39 is 0 Å². The fraction of sp³-hybridized carbons (Fsp3) is 0.600. The summed E-state index contributed by atoms with van der Waals surface area (Å²) in [7, 11) is 4.01. The lowest BCUT2D eigenvalue weighted by molar-refractivity contribution is -0.121. The zero-order chi connectivity index (χ0) is 12.0. The maximum atomic E-state index is 11.5. The highest BCUT2D eigenvalue weighted by Crippen LogP contribution is 2.03. The van der Waals surface area contributed by atoms with Crippen LogP contribution in [0.2, 0.25) is 5.28 Å². The fourth-order valence-electron chi connectivity index (χ4n) is 1.26. The predicted octanol–water partition coefficient (Wildman–Crippen LogP) is 0.604. The van der Waals surface area contributed by atoms with E-state index in [0.29, 0.717) is 11.8 Å². The Bertz CT molecular complexity index is 337. The number of imidazole rings is 1. The predicted molar refractivity (Wildman–Crippen MR) is 63.4 cm³/mol. The van der Waals surface area contributed by atoms with Crippen molar-refractivity contribution in [2.24, 2.45) is 0 Å². The second kappa shape index (κ2) is 6.50. The minimum absolute atomic E-state index is 0.0429. The van der Waals surface area contributed by atoms with E-state index in [1.807, 2.05) is 14.1 Å². The van der Waals surface area contributed by atoms with Gasteiger partial charge in [-0.1, -0.05) is 0 Å². The number of aromatic nitrogens is 2. The average Bonchev–Trinajstić information content (AvgIpc) is 2.59. The first-order valence-electron chi connectivity index (χ1n) is 5.17. The normalized spacial score (nSPS) is 10.8. The number of nitrogens with zero attached hydrogens (tertiary/aromatic N) is 3. The highest BCUT2D eigenvalue weighted by Gasteiger charge is 2.04. The van der Waals surface area contributed by atoms with E-state index in [-0.39, 0.29) is 12.5 Å². The highest BCUT2D eigenvalue weighted by atomic mass is 35.5. The Balaban J connectivity index is 2.19. The van der Waals surface area contributed by atoms with Gasteiger partial charge < -0.3 is 14.8 Å². The number of hydrogen-bond donors (Lipinski definition) is 1. The maximum absolute atomic E-state index is 11.5. The van der Waals surface area contributed by atoms with Crippen LogP contribution in [0, 0.1) is 0 Å². The van der Waals surface area contributed by atoms with E-state index in [4.69, 9.17) is 11.6 Å². The van der Waals surface area contributed by atoms with Crippen molar-refractivity contribution in [3.8, 4) is 0 Å². The molecule has 1 heterocycles.